The zero-order valence-electron chi connectivity index (χ0n) is 13.4. The molecule has 0 saturated carbocycles. The van der Waals surface area contributed by atoms with Crippen molar-refractivity contribution in [2.45, 2.75) is 24.2 Å². The van der Waals surface area contributed by atoms with Crippen molar-refractivity contribution in [2.24, 2.45) is 5.92 Å². The normalized spacial score (nSPS) is 17.8. The maximum absolute atomic E-state index is 12.4. The first-order chi connectivity index (χ1) is 10.9. The van der Waals surface area contributed by atoms with E-state index < -0.39 is 14.9 Å². The Labute approximate surface area is 147 Å². The Morgan fingerprint density at radius 1 is 1.46 bits per heavy atom. The molecule has 0 spiro atoms. The summed E-state index contributed by atoms with van der Waals surface area (Å²) in [7, 11) is -2.48. The minimum absolute atomic E-state index is 0. The van der Waals surface area contributed by atoms with Gasteiger partial charge in [0.1, 0.15) is 10.6 Å². The van der Waals surface area contributed by atoms with Crippen LogP contribution < -0.4 is 14.8 Å². The molecule has 8 nitrogen and oxygen atoms in total. The first-order valence-corrected chi connectivity index (χ1v) is 8.95. The molecule has 2 rings (SSSR count). The molecule has 0 radical (unpaired) electrons. The lowest BCUT2D eigenvalue weighted by atomic mass is 9.96. The third-order valence-corrected chi connectivity index (χ3v) is 5.39. The van der Waals surface area contributed by atoms with E-state index >= 15 is 0 Å². The lowest BCUT2D eigenvalue weighted by Crippen LogP contribution is -2.33. The number of rotatable bonds is 7. The van der Waals surface area contributed by atoms with E-state index in [-0.39, 0.29) is 28.7 Å². The highest BCUT2D eigenvalue weighted by molar-refractivity contribution is 7.89. The average Bonchev–Trinajstić information content (AvgIpc) is 2.55. The lowest BCUT2D eigenvalue weighted by molar-refractivity contribution is -0.385. The molecule has 0 bridgehead atoms. The highest BCUT2D eigenvalue weighted by Gasteiger charge is 2.22. The van der Waals surface area contributed by atoms with Crippen LogP contribution in [0.25, 0.3) is 0 Å². The number of nitro benzene ring substituents is 1. The monoisotopic (exact) mass is 379 g/mol. The van der Waals surface area contributed by atoms with Gasteiger partial charge in [-0.1, -0.05) is 0 Å². The standard InChI is InChI=1S/C14H21N3O5S.ClH/c1-22-13-9-12(17(18)19)4-5-14(13)23(20,21)16-8-6-11-3-2-7-15-10-11;/h4-5,9,11,15-16H,2-3,6-8,10H2,1H3;1H. The first-order valence-electron chi connectivity index (χ1n) is 7.47. The average molecular weight is 380 g/mol. The van der Waals surface area contributed by atoms with E-state index in [4.69, 9.17) is 4.74 Å². The van der Waals surface area contributed by atoms with Crippen molar-refractivity contribution < 1.29 is 18.1 Å². The van der Waals surface area contributed by atoms with Crippen LogP contribution in [-0.2, 0) is 10.0 Å². The largest absolute Gasteiger partial charge is 0.495 e. The fourth-order valence-corrected chi connectivity index (χ4v) is 3.83. The summed E-state index contributed by atoms with van der Waals surface area (Å²) >= 11 is 0. The number of hydrogen-bond acceptors (Lipinski definition) is 6. The number of methoxy groups -OCH3 is 1. The smallest absolute Gasteiger partial charge is 0.273 e. The maximum atomic E-state index is 12.4. The van der Waals surface area contributed by atoms with E-state index in [1.54, 1.807) is 0 Å². The fourth-order valence-electron chi connectivity index (χ4n) is 2.64. The molecule has 1 aliphatic rings. The van der Waals surface area contributed by atoms with Gasteiger partial charge < -0.3 is 10.1 Å². The molecule has 1 fully saturated rings. The van der Waals surface area contributed by atoms with E-state index in [1.165, 1.54) is 13.2 Å². The van der Waals surface area contributed by atoms with Gasteiger partial charge in [0, 0.05) is 12.6 Å². The Morgan fingerprint density at radius 2 is 2.21 bits per heavy atom. The minimum atomic E-state index is -3.76. The van der Waals surface area contributed by atoms with Gasteiger partial charge in [0.15, 0.2) is 0 Å². The van der Waals surface area contributed by atoms with Crippen molar-refractivity contribution in [3.8, 4) is 5.75 Å². The number of ether oxygens (including phenoxy) is 1. The van der Waals surface area contributed by atoms with Crippen molar-refractivity contribution >= 4 is 28.1 Å². The number of hydrogen-bond donors (Lipinski definition) is 2. The predicted molar refractivity (Wildman–Crippen MR) is 92.3 cm³/mol. The second-order valence-electron chi connectivity index (χ2n) is 5.49. The van der Waals surface area contributed by atoms with Gasteiger partial charge in [-0.05, 0) is 44.3 Å². The molecular formula is C14H22ClN3O5S. The fraction of sp³-hybridized carbons (Fsp3) is 0.571. The number of benzene rings is 1. The molecule has 1 aliphatic heterocycles. The number of nitrogens with one attached hydrogen (secondary N) is 2. The molecule has 1 heterocycles. The van der Waals surface area contributed by atoms with Crippen molar-refractivity contribution in [1.82, 2.24) is 10.0 Å². The van der Waals surface area contributed by atoms with Crippen LogP contribution in [0.5, 0.6) is 5.75 Å². The van der Waals surface area contributed by atoms with Crippen LogP contribution in [0.1, 0.15) is 19.3 Å². The number of piperidine rings is 1. The van der Waals surface area contributed by atoms with Gasteiger partial charge in [-0.15, -0.1) is 12.4 Å². The van der Waals surface area contributed by atoms with Gasteiger partial charge in [-0.25, -0.2) is 13.1 Å². The Bertz CT molecular complexity index is 662. The molecule has 1 atom stereocenters. The van der Waals surface area contributed by atoms with Crippen LogP contribution >= 0.6 is 12.4 Å². The van der Waals surface area contributed by atoms with Crippen LogP contribution in [0, 0.1) is 16.0 Å². The van der Waals surface area contributed by atoms with Crippen molar-refractivity contribution in [2.75, 3.05) is 26.7 Å². The molecule has 2 N–H and O–H groups in total. The van der Waals surface area contributed by atoms with Gasteiger partial charge in [-0.2, -0.15) is 0 Å². The predicted octanol–water partition coefficient (Wildman–Crippen LogP) is 1.69. The Balaban J connectivity index is 0.00000288. The van der Waals surface area contributed by atoms with Gasteiger partial charge in [0.25, 0.3) is 5.69 Å². The van der Waals surface area contributed by atoms with Crippen LogP contribution in [0.4, 0.5) is 5.69 Å². The summed E-state index contributed by atoms with van der Waals surface area (Å²) in [4.78, 5) is 10.1. The van der Waals surface area contributed by atoms with Gasteiger partial charge in [-0.3, -0.25) is 10.1 Å². The Hall–Kier alpha value is -1.42. The highest BCUT2D eigenvalue weighted by atomic mass is 35.5. The second kappa shape index (κ2) is 9.16. The molecule has 10 heteroatoms. The Morgan fingerprint density at radius 3 is 2.79 bits per heavy atom. The van der Waals surface area contributed by atoms with E-state index in [2.05, 4.69) is 10.0 Å². The summed E-state index contributed by atoms with van der Waals surface area (Å²) in [6, 6.07) is 3.46. The first kappa shape index (κ1) is 20.6. The molecule has 24 heavy (non-hydrogen) atoms. The molecule has 0 aliphatic carbocycles. The number of nitrogens with zero attached hydrogens (tertiary/aromatic N) is 1. The number of halogens is 1. The van der Waals surface area contributed by atoms with Crippen LogP contribution in [0.3, 0.4) is 0 Å². The highest BCUT2D eigenvalue weighted by Crippen LogP contribution is 2.28. The lowest BCUT2D eigenvalue weighted by Gasteiger charge is -2.22. The molecule has 1 aromatic carbocycles. The van der Waals surface area contributed by atoms with Gasteiger partial charge in [0.2, 0.25) is 10.0 Å². The van der Waals surface area contributed by atoms with Gasteiger partial charge in [0.05, 0.1) is 18.1 Å². The molecule has 0 aromatic heterocycles. The molecule has 1 saturated heterocycles. The minimum Gasteiger partial charge on any atom is -0.495 e. The van der Waals surface area contributed by atoms with Crippen molar-refractivity contribution in [1.29, 1.82) is 0 Å². The summed E-state index contributed by atoms with van der Waals surface area (Å²) in [5, 5.41) is 14.0. The summed E-state index contributed by atoms with van der Waals surface area (Å²) < 4.78 is 32.2. The SMILES string of the molecule is COc1cc([N+](=O)[O-])ccc1S(=O)(=O)NCCC1CCCNC1.Cl. The van der Waals surface area contributed by atoms with Crippen LogP contribution in [0.2, 0.25) is 0 Å². The summed E-state index contributed by atoms with van der Waals surface area (Å²) in [5.41, 5.74) is -0.214. The van der Waals surface area contributed by atoms with Gasteiger partial charge >= 0.3 is 0 Å². The third-order valence-electron chi connectivity index (χ3n) is 3.89. The second-order valence-corrected chi connectivity index (χ2v) is 7.23. The summed E-state index contributed by atoms with van der Waals surface area (Å²) in [6.07, 6.45) is 2.95. The van der Waals surface area contributed by atoms with Crippen molar-refractivity contribution in [3.63, 3.8) is 0 Å². The molecule has 0 amide bonds. The van der Waals surface area contributed by atoms with E-state index in [0.29, 0.717) is 12.5 Å². The zero-order chi connectivity index (χ0) is 16.9. The quantitative estimate of drug-likeness (QED) is 0.551. The van der Waals surface area contributed by atoms with E-state index in [9.17, 15) is 18.5 Å². The third kappa shape index (κ3) is 5.30. The topological polar surface area (TPSA) is 111 Å². The molecule has 1 unspecified atom stereocenters. The maximum Gasteiger partial charge on any atom is 0.273 e. The number of sulfonamides is 1. The Kier molecular flexibility index (Phi) is 7.88. The summed E-state index contributed by atoms with van der Waals surface area (Å²) in [6.45, 7) is 2.25. The molecular weight excluding hydrogens is 358 g/mol. The van der Waals surface area contributed by atoms with E-state index in [1.807, 2.05) is 0 Å². The van der Waals surface area contributed by atoms with E-state index in [0.717, 1.165) is 44.5 Å². The van der Waals surface area contributed by atoms with Crippen LogP contribution in [-0.4, -0.2) is 40.1 Å². The van der Waals surface area contributed by atoms with Crippen molar-refractivity contribution in [3.05, 3.63) is 28.3 Å². The van der Waals surface area contributed by atoms with Crippen LogP contribution in [0.15, 0.2) is 23.1 Å². The number of nitro groups is 1. The molecule has 1 aromatic rings. The zero-order valence-corrected chi connectivity index (χ0v) is 15.0. The molecule has 136 valence electrons. The number of non-ortho nitro benzene ring substituents is 1. The summed E-state index contributed by atoms with van der Waals surface area (Å²) in [5.74, 6) is 0.427.